The van der Waals surface area contributed by atoms with Gasteiger partial charge in [0.25, 0.3) is 5.91 Å². The lowest BCUT2D eigenvalue weighted by Gasteiger charge is -2.16. The molecule has 1 atom stereocenters. The standard InChI is InChI=1S/C14H13ClN2O3/c1-17-8-4-7-11(17)13(18)16-12(14(19)20)9-5-2-3-6-10(9)15/h2-8,12H,1H3,(H,16,18)(H,19,20)/t12-/m1/s1. The van der Waals surface area contributed by atoms with Crippen LogP contribution in [0.1, 0.15) is 22.1 Å². The van der Waals surface area contributed by atoms with Gasteiger partial charge in [-0.25, -0.2) is 4.79 Å². The average Bonchev–Trinajstić information content (AvgIpc) is 2.83. The van der Waals surface area contributed by atoms with E-state index in [0.717, 1.165) is 0 Å². The molecule has 104 valence electrons. The second-order valence-corrected chi connectivity index (χ2v) is 4.68. The van der Waals surface area contributed by atoms with Gasteiger partial charge in [0.2, 0.25) is 0 Å². The Morgan fingerprint density at radius 1 is 1.25 bits per heavy atom. The molecular weight excluding hydrogens is 280 g/mol. The van der Waals surface area contributed by atoms with Crippen LogP contribution in [-0.4, -0.2) is 21.6 Å². The highest BCUT2D eigenvalue weighted by Crippen LogP contribution is 2.23. The molecule has 2 N–H and O–H groups in total. The summed E-state index contributed by atoms with van der Waals surface area (Å²) in [5, 5.41) is 12.1. The van der Waals surface area contributed by atoms with Gasteiger partial charge in [-0.05, 0) is 18.2 Å². The quantitative estimate of drug-likeness (QED) is 0.908. The van der Waals surface area contributed by atoms with Crippen LogP contribution in [0.2, 0.25) is 5.02 Å². The van der Waals surface area contributed by atoms with Crippen LogP contribution in [0.3, 0.4) is 0 Å². The molecule has 1 amide bonds. The predicted octanol–water partition coefficient (Wildman–Crippen LogP) is 2.23. The minimum atomic E-state index is -1.19. The van der Waals surface area contributed by atoms with Crippen LogP contribution < -0.4 is 5.32 Å². The number of benzene rings is 1. The number of rotatable bonds is 4. The Morgan fingerprint density at radius 2 is 1.95 bits per heavy atom. The number of carbonyl (C=O) groups excluding carboxylic acids is 1. The first kappa shape index (κ1) is 14.1. The predicted molar refractivity (Wildman–Crippen MR) is 74.7 cm³/mol. The van der Waals surface area contributed by atoms with E-state index in [-0.39, 0.29) is 0 Å². The van der Waals surface area contributed by atoms with Crippen molar-refractivity contribution in [2.24, 2.45) is 7.05 Å². The smallest absolute Gasteiger partial charge is 0.330 e. The first-order chi connectivity index (χ1) is 9.50. The Morgan fingerprint density at radius 3 is 2.50 bits per heavy atom. The van der Waals surface area contributed by atoms with Gasteiger partial charge < -0.3 is 15.0 Å². The minimum Gasteiger partial charge on any atom is -0.479 e. The van der Waals surface area contributed by atoms with Crippen molar-refractivity contribution in [1.82, 2.24) is 9.88 Å². The van der Waals surface area contributed by atoms with Crippen LogP contribution in [-0.2, 0) is 11.8 Å². The Labute approximate surface area is 120 Å². The summed E-state index contributed by atoms with van der Waals surface area (Å²) in [4.78, 5) is 23.4. The highest BCUT2D eigenvalue weighted by Gasteiger charge is 2.25. The van der Waals surface area contributed by atoms with Crippen molar-refractivity contribution in [2.75, 3.05) is 0 Å². The third kappa shape index (κ3) is 2.83. The first-order valence-electron chi connectivity index (χ1n) is 5.90. The SMILES string of the molecule is Cn1cccc1C(=O)N[C@@H](C(=O)O)c1ccccc1Cl. The van der Waals surface area contributed by atoms with Crippen molar-refractivity contribution >= 4 is 23.5 Å². The zero-order valence-electron chi connectivity index (χ0n) is 10.7. The van der Waals surface area contributed by atoms with Gasteiger partial charge in [0.1, 0.15) is 5.69 Å². The minimum absolute atomic E-state index is 0.298. The monoisotopic (exact) mass is 292 g/mol. The molecule has 0 saturated heterocycles. The average molecular weight is 293 g/mol. The number of aryl methyl sites for hydroxylation is 1. The highest BCUT2D eigenvalue weighted by molar-refractivity contribution is 6.31. The molecule has 0 aliphatic carbocycles. The Kier molecular flexibility index (Phi) is 4.10. The topological polar surface area (TPSA) is 71.3 Å². The lowest BCUT2D eigenvalue weighted by Crippen LogP contribution is -2.34. The number of hydrogen-bond acceptors (Lipinski definition) is 2. The molecule has 2 rings (SSSR count). The maximum Gasteiger partial charge on any atom is 0.330 e. The maximum atomic E-state index is 12.1. The lowest BCUT2D eigenvalue weighted by molar-refractivity contribution is -0.139. The van der Waals surface area contributed by atoms with Crippen LogP contribution in [0.5, 0.6) is 0 Å². The number of amides is 1. The maximum absolute atomic E-state index is 12.1. The fourth-order valence-electron chi connectivity index (χ4n) is 1.88. The van der Waals surface area contributed by atoms with Gasteiger partial charge in [0, 0.05) is 23.8 Å². The van der Waals surface area contributed by atoms with E-state index in [1.54, 1.807) is 54.2 Å². The normalized spacial score (nSPS) is 11.9. The largest absolute Gasteiger partial charge is 0.479 e. The van der Waals surface area contributed by atoms with Crippen molar-refractivity contribution in [3.05, 3.63) is 58.9 Å². The van der Waals surface area contributed by atoms with Crippen LogP contribution >= 0.6 is 11.6 Å². The zero-order valence-corrected chi connectivity index (χ0v) is 11.5. The van der Waals surface area contributed by atoms with E-state index in [0.29, 0.717) is 16.3 Å². The Balaban J connectivity index is 2.28. The zero-order chi connectivity index (χ0) is 14.7. The molecule has 6 heteroatoms. The second-order valence-electron chi connectivity index (χ2n) is 4.27. The number of halogens is 1. The summed E-state index contributed by atoms with van der Waals surface area (Å²) < 4.78 is 1.61. The highest BCUT2D eigenvalue weighted by atomic mass is 35.5. The van der Waals surface area contributed by atoms with Gasteiger partial charge in [-0.2, -0.15) is 0 Å². The van der Waals surface area contributed by atoms with E-state index in [4.69, 9.17) is 11.6 Å². The number of carboxylic acid groups (broad SMARTS) is 1. The molecule has 2 aromatic rings. The third-order valence-electron chi connectivity index (χ3n) is 2.92. The van der Waals surface area contributed by atoms with E-state index < -0.39 is 17.9 Å². The molecule has 0 unspecified atom stereocenters. The Hall–Kier alpha value is -2.27. The lowest BCUT2D eigenvalue weighted by atomic mass is 10.1. The Bertz CT molecular complexity index is 651. The molecule has 0 bridgehead atoms. The first-order valence-corrected chi connectivity index (χ1v) is 6.28. The fourth-order valence-corrected chi connectivity index (χ4v) is 2.13. The second kappa shape index (κ2) is 5.79. The number of carbonyl (C=O) groups is 2. The number of hydrogen-bond donors (Lipinski definition) is 2. The van der Waals surface area contributed by atoms with Crippen LogP contribution in [0, 0.1) is 0 Å². The van der Waals surface area contributed by atoms with Crippen LogP contribution in [0.15, 0.2) is 42.6 Å². The number of nitrogens with one attached hydrogen (secondary N) is 1. The van der Waals surface area contributed by atoms with E-state index >= 15 is 0 Å². The van der Waals surface area contributed by atoms with Crippen molar-refractivity contribution in [3.63, 3.8) is 0 Å². The van der Waals surface area contributed by atoms with Crippen LogP contribution in [0.25, 0.3) is 0 Å². The summed E-state index contributed by atoms with van der Waals surface area (Å²) in [5.74, 6) is -1.63. The molecule has 1 heterocycles. The van der Waals surface area contributed by atoms with E-state index in [9.17, 15) is 14.7 Å². The number of aromatic nitrogens is 1. The summed E-state index contributed by atoms with van der Waals surface area (Å²) >= 11 is 5.98. The van der Waals surface area contributed by atoms with Gasteiger partial charge in [-0.15, -0.1) is 0 Å². The van der Waals surface area contributed by atoms with E-state index in [1.165, 1.54) is 0 Å². The molecular formula is C14H13ClN2O3. The molecule has 0 aliphatic heterocycles. The summed E-state index contributed by atoms with van der Waals surface area (Å²) in [5.41, 5.74) is 0.729. The van der Waals surface area contributed by atoms with Gasteiger partial charge in [-0.1, -0.05) is 29.8 Å². The molecule has 0 aliphatic rings. The fraction of sp³-hybridized carbons (Fsp3) is 0.143. The van der Waals surface area contributed by atoms with Gasteiger partial charge in [0.15, 0.2) is 6.04 Å². The van der Waals surface area contributed by atoms with Gasteiger partial charge in [-0.3, -0.25) is 4.79 Å². The van der Waals surface area contributed by atoms with E-state index in [1.807, 2.05) is 0 Å². The third-order valence-corrected chi connectivity index (χ3v) is 3.26. The number of nitrogens with zero attached hydrogens (tertiary/aromatic N) is 1. The molecule has 0 saturated carbocycles. The van der Waals surface area contributed by atoms with Crippen molar-refractivity contribution < 1.29 is 14.7 Å². The summed E-state index contributed by atoms with van der Waals surface area (Å²) in [7, 11) is 1.71. The van der Waals surface area contributed by atoms with Crippen LogP contribution in [0.4, 0.5) is 0 Å². The van der Waals surface area contributed by atoms with Gasteiger partial charge in [0.05, 0.1) is 0 Å². The molecule has 1 aromatic heterocycles. The van der Waals surface area contributed by atoms with Crippen molar-refractivity contribution in [1.29, 1.82) is 0 Å². The number of aliphatic carboxylic acids is 1. The molecule has 0 fully saturated rings. The summed E-state index contributed by atoms with van der Waals surface area (Å²) in [6, 6.07) is 8.66. The summed E-state index contributed by atoms with van der Waals surface area (Å²) in [6.45, 7) is 0. The number of carboxylic acids is 1. The molecule has 5 nitrogen and oxygen atoms in total. The molecule has 0 radical (unpaired) electrons. The molecule has 20 heavy (non-hydrogen) atoms. The van der Waals surface area contributed by atoms with E-state index in [2.05, 4.69) is 5.32 Å². The molecule has 0 spiro atoms. The van der Waals surface area contributed by atoms with Crippen molar-refractivity contribution in [3.8, 4) is 0 Å². The van der Waals surface area contributed by atoms with Gasteiger partial charge >= 0.3 is 5.97 Å². The molecule has 1 aromatic carbocycles. The summed E-state index contributed by atoms with van der Waals surface area (Å²) in [6.07, 6.45) is 1.71. The van der Waals surface area contributed by atoms with Crippen molar-refractivity contribution in [2.45, 2.75) is 6.04 Å².